The molecule has 1 saturated carbocycles. The van der Waals surface area contributed by atoms with Crippen LogP contribution in [0.1, 0.15) is 55.8 Å². The Morgan fingerprint density at radius 1 is 1.23 bits per heavy atom. The molecule has 4 N–H and O–H groups in total. The van der Waals surface area contributed by atoms with Crippen LogP contribution < -0.4 is 11.5 Å². The molecular formula is C31H37ClF2N8O2. The molecule has 44 heavy (non-hydrogen) atoms. The Kier molecular flexibility index (Phi) is 10.8. The van der Waals surface area contributed by atoms with Crippen molar-refractivity contribution in [2.45, 2.75) is 64.2 Å². The number of carbonyl (C=O) groups excluding carboxylic acids is 1. The van der Waals surface area contributed by atoms with E-state index in [1.165, 1.54) is 24.1 Å². The molecule has 1 fully saturated rings. The molecule has 4 rings (SSSR count). The van der Waals surface area contributed by atoms with E-state index in [4.69, 9.17) is 27.8 Å². The number of aliphatic imine (C=N–C) groups is 3. The molecule has 3 aromatic rings. The maximum Gasteiger partial charge on any atom is 0.333 e. The Morgan fingerprint density at radius 2 is 1.95 bits per heavy atom. The van der Waals surface area contributed by atoms with Crippen LogP contribution in [0.4, 0.5) is 8.78 Å². The van der Waals surface area contributed by atoms with Crippen LogP contribution >= 0.6 is 11.6 Å². The van der Waals surface area contributed by atoms with E-state index in [0.29, 0.717) is 5.56 Å². The predicted molar refractivity (Wildman–Crippen MR) is 169 cm³/mol. The number of amidine groups is 1. The normalized spacial score (nSPS) is 15.6. The number of amides is 1. The van der Waals surface area contributed by atoms with Crippen LogP contribution in [-0.2, 0) is 22.5 Å². The summed E-state index contributed by atoms with van der Waals surface area (Å²) >= 11 is 6.37. The maximum absolute atomic E-state index is 14.0. The second-order valence-corrected chi connectivity index (χ2v) is 11.2. The van der Waals surface area contributed by atoms with Crippen molar-refractivity contribution in [2.75, 3.05) is 13.7 Å². The Balaban J connectivity index is 1.69. The lowest BCUT2D eigenvalue weighted by molar-refractivity contribution is -0.129. The predicted octanol–water partition coefficient (Wildman–Crippen LogP) is 5.20. The highest BCUT2D eigenvalue weighted by Gasteiger charge is 2.39. The Hall–Kier alpha value is -4.16. The van der Waals surface area contributed by atoms with Gasteiger partial charge in [0, 0.05) is 31.0 Å². The molecule has 13 heteroatoms. The molecule has 1 aromatic heterocycles. The van der Waals surface area contributed by atoms with Crippen LogP contribution in [-0.4, -0.2) is 64.5 Å². The number of halogens is 3. The van der Waals surface area contributed by atoms with Crippen molar-refractivity contribution in [1.82, 2.24) is 14.7 Å². The third-order valence-corrected chi connectivity index (χ3v) is 7.60. The van der Waals surface area contributed by atoms with Gasteiger partial charge < -0.3 is 16.2 Å². The summed E-state index contributed by atoms with van der Waals surface area (Å²) in [4.78, 5) is 27.1. The summed E-state index contributed by atoms with van der Waals surface area (Å²) in [6, 6.07) is 11.6. The first-order chi connectivity index (χ1) is 21.1. The number of hydrogen-bond donors (Lipinski definition) is 2. The maximum atomic E-state index is 14.0. The van der Waals surface area contributed by atoms with Crippen molar-refractivity contribution in [3.8, 4) is 11.1 Å². The highest BCUT2D eigenvalue weighted by Crippen LogP contribution is 2.39. The molecule has 2 aromatic carbocycles. The number of carbonyl (C=O) groups is 1. The van der Waals surface area contributed by atoms with Crippen molar-refractivity contribution in [3.05, 3.63) is 76.6 Å². The van der Waals surface area contributed by atoms with Crippen molar-refractivity contribution in [2.24, 2.45) is 26.4 Å². The second-order valence-electron chi connectivity index (χ2n) is 10.8. The lowest BCUT2D eigenvalue weighted by atomic mass is 10.0. The fraction of sp³-hybridized carbons (Fsp3) is 0.387. The van der Waals surface area contributed by atoms with E-state index < -0.39 is 12.6 Å². The number of ether oxygens (including phenoxy) is 1. The summed E-state index contributed by atoms with van der Waals surface area (Å²) in [5.74, 6) is -0.634. The van der Waals surface area contributed by atoms with Crippen molar-refractivity contribution in [1.29, 1.82) is 0 Å². The molecule has 0 radical (unpaired) electrons. The average Bonchev–Trinajstić information content (AvgIpc) is 3.51. The van der Waals surface area contributed by atoms with E-state index >= 15 is 0 Å². The summed E-state index contributed by atoms with van der Waals surface area (Å²) in [5, 5.41) is 4.52. The second kappa shape index (κ2) is 14.5. The first kappa shape index (κ1) is 32.7. The lowest BCUT2D eigenvalue weighted by Gasteiger charge is -2.32. The summed E-state index contributed by atoms with van der Waals surface area (Å²) in [7, 11) is 1.49. The van der Waals surface area contributed by atoms with Crippen molar-refractivity contribution >= 4 is 35.6 Å². The van der Waals surface area contributed by atoms with E-state index in [1.807, 2.05) is 48.3 Å². The number of alkyl halides is 2. The van der Waals surface area contributed by atoms with E-state index in [2.05, 4.69) is 27.0 Å². The molecule has 1 heterocycles. The van der Waals surface area contributed by atoms with Crippen molar-refractivity contribution < 1.29 is 18.3 Å². The Bertz CT molecular complexity index is 1530. The van der Waals surface area contributed by atoms with E-state index in [9.17, 15) is 13.6 Å². The molecule has 1 aliphatic rings. The van der Waals surface area contributed by atoms with Crippen LogP contribution in [0.2, 0.25) is 5.02 Å². The minimum atomic E-state index is -3.04. The van der Waals surface area contributed by atoms with Crippen molar-refractivity contribution in [3.63, 3.8) is 0 Å². The molecule has 10 nitrogen and oxygen atoms in total. The first-order valence-electron chi connectivity index (χ1n) is 14.3. The standard InChI is InChI=1S/C31H37ClF2N8O2/c1-4-13-41-17-23(16-38-41)21-7-5-20(6-8-21)14-27(43)42(30(36)40-31(2)11-12-31)26(18-44-3)22-9-10-25(32)24(15-22)28(37-19-35)39-29(33)34/h5-10,15-17,19,26,29H,4,11-14,18H2,1-3H3,(H2,36,40)(H2,35,37,39). The number of guanidine groups is 1. The highest BCUT2D eigenvalue weighted by atomic mass is 35.5. The van der Waals surface area contributed by atoms with Gasteiger partial charge in [-0.05, 0) is 55.0 Å². The number of nitrogens with zero attached hydrogens (tertiary/aromatic N) is 6. The number of methoxy groups -OCH3 is 1. The van der Waals surface area contributed by atoms with Gasteiger partial charge in [0.25, 0.3) is 0 Å². The Morgan fingerprint density at radius 3 is 2.57 bits per heavy atom. The van der Waals surface area contributed by atoms with Gasteiger partial charge in [0.1, 0.15) is 0 Å². The molecule has 1 unspecified atom stereocenters. The number of benzene rings is 2. The SMILES string of the molecule is CCCn1cc(-c2ccc(CC(=O)N(C(N)=NC3(C)CC3)C(COC)c3ccc(Cl)c(/C(N=CN)=N\C(F)F)c3)cc2)cn1. The minimum Gasteiger partial charge on any atom is -0.390 e. The fourth-order valence-corrected chi connectivity index (χ4v) is 4.96. The molecule has 0 saturated heterocycles. The molecule has 0 aliphatic heterocycles. The first-order valence-corrected chi connectivity index (χ1v) is 14.6. The molecule has 1 aliphatic carbocycles. The van der Waals surface area contributed by atoms with Crippen LogP contribution in [0.5, 0.6) is 0 Å². The van der Waals surface area contributed by atoms with Crippen LogP contribution in [0.15, 0.2) is 69.8 Å². The molecule has 0 bridgehead atoms. The Labute approximate surface area is 260 Å². The van der Waals surface area contributed by atoms with E-state index in [1.54, 1.807) is 6.07 Å². The smallest absolute Gasteiger partial charge is 0.333 e. The molecule has 234 valence electrons. The largest absolute Gasteiger partial charge is 0.390 e. The molecule has 0 spiro atoms. The van der Waals surface area contributed by atoms with Gasteiger partial charge in [0.2, 0.25) is 5.91 Å². The summed E-state index contributed by atoms with van der Waals surface area (Å²) < 4.78 is 33.8. The van der Waals surface area contributed by atoms with E-state index in [0.717, 1.165) is 48.8 Å². The van der Waals surface area contributed by atoms with Gasteiger partial charge in [-0.2, -0.15) is 18.9 Å². The highest BCUT2D eigenvalue weighted by molar-refractivity contribution is 6.34. The monoisotopic (exact) mass is 626 g/mol. The summed E-state index contributed by atoms with van der Waals surface area (Å²) in [5.41, 5.74) is 14.9. The zero-order valence-corrected chi connectivity index (χ0v) is 25.7. The zero-order valence-electron chi connectivity index (χ0n) is 25.0. The number of aryl methyl sites for hydroxylation is 1. The van der Waals surface area contributed by atoms with Gasteiger partial charge in [0.05, 0.1) is 42.2 Å². The molecule has 1 amide bonds. The van der Waals surface area contributed by atoms with Crippen LogP contribution in [0.3, 0.4) is 0 Å². The van der Waals surface area contributed by atoms with E-state index in [-0.39, 0.29) is 46.9 Å². The quantitative estimate of drug-likeness (QED) is 0.162. The van der Waals surface area contributed by atoms with Gasteiger partial charge in [-0.3, -0.25) is 14.4 Å². The fourth-order valence-electron chi connectivity index (χ4n) is 4.76. The van der Waals surface area contributed by atoms with Crippen LogP contribution in [0.25, 0.3) is 11.1 Å². The lowest BCUT2D eigenvalue weighted by Crippen LogP contribution is -2.47. The van der Waals surface area contributed by atoms with Crippen LogP contribution in [0, 0.1) is 0 Å². The number of hydrogen-bond acceptors (Lipinski definition) is 5. The molecule has 1 atom stereocenters. The molecular weight excluding hydrogens is 590 g/mol. The average molecular weight is 627 g/mol. The van der Waals surface area contributed by atoms with Gasteiger partial charge in [0.15, 0.2) is 11.8 Å². The topological polar surface area (TPSA) is 136 Å². The summed E-state index contributed by atoms with van der Waals surface area (Å²) in [6.07, 6.45) is 7.37. The number of rotatable bonds is 12. The number of nitrogens with two attached hydrogens (primary N) is 2. The number of aromatic nitrogens is 2. The third kappa shape index (κ3) is 8.26. The third-order valence-electron chi connectivity index (χ3n) is 7.27. The van der Waals surface area contributed by atoms with Gasteiger partial charge in [-0.15, -0.1) is 0 Å². The van der Waals surface area contributed by atoms with Gasteiger partial charge in [-0.25, -0.2) is 9.98 Å². The minimum absolute atomic E-state index is 0.0263. The van der Waals surface area contributed by atoms with Gasteiger partial charge in [-0.1, -0.05) is 48.9 Å². The van der Waals surface area contributed by atoms with Gasteiger partial charge >= 0.3 is 6.55 Å². The summed E-state index contributed by atoms with van der Waals surface area (Å²) in [6.45, 7) is 1.89. The zero-order chi connectivity index (χ0) is 31.9.